The van der Waals surface area contributed by atoms with Gasteiger partial charge in [0.2, 0.25) is 5.82 Å². The molecule has 3 rings (SSSR count). The summed E-state index contributed by atoms with van der Waals surface area (Å²) >= 11 is 0. The number of hydrogen-bond acceptors (Lipinski definition) is 3. The lowest BCUT2D eigenvalue weighted by molar-refractivity contribution is -0.137. The maximum Gasteiger partial charge on any atom is 0.416 e. The number of carboxylic acid groups (broad SMARTS) is 1. The standard InChI is InChI=1S/C16H11F5N2O3/c17-8-6-7(16(19,20)21)3-4-9(8)22-13-11(15(25)26)10-2-1-5-23(10)14(24)12(13)18/h3-4,6,22H,1-2,5H2,(H,25,26). The molecular weight excluding hydrogens is 363 g/mol. The zero-order valence-corrected chi connectivity index (χ0v) is 13.0. The Bertz CT molecular complexity index is 966. The minimum absolute atomic E-state index is 0.0821. The van der Waals surface area contributed by atoms with Crippen LogP contribution in [0.2, 0.25) is 0 Å². The number of anilines is 2. The van der Waals surface area contributed by atoms with Crippen LogP contribution >= 0.6 is 0 Å². The molecule has 0 amide bonds. The van der Waals surface area contributed by atoms with Gasteiger partial charge >= 0.3 is 12.1 Å². The number of nitrogens with zero attached hydrogens (tertiary/aromatic N) is 1. The number of alkyl halides is 3. The highest BCUT2D eigenvalue weighted by Crippen LogP contribution is 2.34. The highest BCUT2D eigenvalue weighted by atomic mass is 19.4. The number of halogens is 5. The van der Waals surface area contributed by atoms with E-state index in [9.17, 15) is 36.6 Å². The first-order chi connectivity index (χ1) is 12.1. The number of nitrogens with one attached hydrogen (secondary N) is 1. The minimum atomic E-state index is -4.77. The summed E-state index contributed by atoms with van der Waals surface area (Å²) in [6.45, 7) is 0.153. The number of benzene rings is 1. The average molecular weight is 374 g/mol. The largest absolute Gasteiger partial charge is 0.478 e. The normalized spacial score (nSPS) is 13.6. The fraction of sp³-hybridized carbons (Fsp3) is 0.250. The minimum Gasteiger partial charge on any atom is -0.478 e. The van der Waals surface area contributed by atoms with Crippen LogP contribution in [-0.2, 0) is 19.1 Å². The predicted molar refractivity (Wildman–Crippen MR) is 80.6 cm³/mol. The van der Waals surface area contributed by atoms with Crippen LogP contribution in [0.15, 0.2) is 23.0 Å². The van der Waals surface area contributed by atoms with Crippen LogP contribution in [0.5, 0.6) is 0 Å². The lowest BCUT2D eigenvalue weighted by Gasteiger charge is -2.16. The van der Waals surface area contributed by atoms with Crippen molar-refractivity contribution in [2.45, 2.75) is 25.6 Å². The van der Waals surface area contributed by atoms with Crippen LogP contribution in [0.25, 0.3) is 0 Å². The number of aromatic carboxylic acids is 1. The highest BCUT2D eigenvalue weighted by Gasteiger charge is 2.32. The average Bonchev–Trinajstić information content (AvgIpc) is 3.02. The van der Waals surface area contributed by atoms with Gasteiger partial charge in [-0.3, -0.25) is 4.79 Å². The molecule has 0 atom stereocenters. The Hall–Kier alpha value is -2.91. The Labute approximate surface area is 142 Å². The molecule has 0 saturated heterocycles. The van der Waals surface area contributed by atoms with Gasteiger partial charge in [-0.25, -0.2) is 9.18 Å². The molecule has 2 N–H and O–H groups in total. The first-order valence-corrected chi connectivity index (χ1v) is 7.43. The SMILES string of the molecule is O=C(O)c1c(Nc2ccc(C(F)(F)F)cc2F)c(F)c(=O)n2c1CCC2. The molecule has 2 aromatic rings. The first-order valence-electron chi connectivity index (χ1n) is 7.43. The molecule has 1 aliphatic heterocycles. The quantitative estimate of drug-likeness (QED) is 0.807. The van der Waals surface area contributed by atoms with Gasteiger partial charge in [-0.15, -0.1) is 0 Å². The van der Waals surface area contributed by atoms with Crippen LogP contribution in [0.3, 0.4) is 0 Å². The van der Waals surface area contributed by atoms with E-state index >= 15 is 0 Å². The molecule has 0 aliphatic carbocycles. The molecule has 0 unspecified atom stereocenters. The second-order valence-corrected chi connectivity index (χ2v) is 5.69. The van der Waals surface area contributed by atoms with E-state index in [1.165, 1.54) is 0 Å². The van der Waals surface area contributed by atoms with E-state index in [4.69, 9.17) is 0 Å². The fourth-order valence-corrected chi connectivity index (χ4v) is 2.91. The molecular formula is C16H11F5N2O3. The zero-order valence-electron chi connectivity index (χ0n) is 13.0. The summed E-state index contributed by atoms with van der Waals surface area (Å²) in [6, 6.07) is 1.46. The van der Waals surface area contributed by atoms with Gasteiger partial charge < -0.3 is 15.0 Å². The van der Waals surface area contributed by atoms with Crippen LogP contribution in [0, 0.1) is 11.6 Å². The number of carboxylic acids is 1. The fourth-order valence-electron chi connectivity index (χ4n) is 2.91. The lowest BCUT2D eigenvalue weighted by Crippen LogP contribution is -2.27. The van der Waals surface area contributed by atoms with E-state index in [1.807, 2.05) is 0 Å². The molecule has 138 valence electrons. The van der Waals surface area contributed by atoms with Gasteiger partial charge in [-0.1, -0.05) is 0 Å². The third-order valence-corrected chi connectivity index (χ3v) is 4.08. The molecule has 0 fully saturated rings. The Morgan fingerprint density at radius 1 is 1.23 bits per heavy atom. The van der Waals surface area contributed by atoms with Crippen molar-refractivity contribution in [3.63, 3.8) is 0 Å². The van der Waals surface area contributed by atoms with Crippen molar-refractivity contribution in [3.05, 3.63) is 57.0 Å². The molecule has 10 heteroatoms. The van der Waals surface area contributed by atoms with Crippen LogP contribution in [-0.4, -0.2) is 15.6 Å². The van der Waals surface area contributed by atoms with E-state index < -0.39 is 51.8 Å². The van der Waals surface area contributed by atoms with Crippen LogP contribution < -0.4 is 10.9 Å². The number of hydrogen-bond donors (Lipinski definition) is 2. The van der Waals surface area contributed by atoms with Gasteiger partial charge in [0.05, 0.1) is 16.9 Å². The molecule has 26 heavy (non-hydrogen) atoms. The maximum absolute atomic E-state index is 14.4. The molecule has 0 spiro atoms. The number of fused-ring (bicyclic) bond motifs is 1. The highest BCUT2D eigenvalue weighted by molar-refractivity contribution is 5.96. The lowest BCUT2D eigenvalue weighted by atomic mass is 10.1. The van der Waals surface area contributed by atoms with Crippen molar-refractivity contribution in [2.75, 3.05) is 5.32 Å². The van der Waals surface area contributed by atoms with Gasteiger partial charge in [0, 0.05) is 12.2 Å². The molecule has 1 aliphatic rings. The molecule has 5 nitrogen and oxygen atoms in total. The van der Waals surface area contributed by atoms with E-state index in [-0.39, 0.29) is 24.7 Å². The monoisotopic (exact) mass is 374 g/mol. The molecule has 0 bridgehead atoms. The van der Waals surface area contributed by atoms with Crippen LogP contribution in [0.4, 0.5) is 33.3 Å². The Kier molecular flexibility index (Phi) is 4.21. The van der Waals surface area contributed by atoms with Gasteiger partial charge in [-0.05, 0) is 31.0 Å². The number of carbonyl (C=O) groups is 1. The van der Waals surface area contributed by atoms with Crippen molar-refractivity contribution >= 4 is 17.3 Å². The van der Waals surface area contributed by atoms with E-state index in [1.54, 1.807) is 0 Å². The summed E-state index contributed by atoms with van der Waals surface area (Å²) in [6.07, 6.45) is -4.13. The van der Waals surface area contributed by atoms with Gasteiger partial charge in [0.1, 0.15) is 11.4 Å². The molecule has 2 heterocycles. The summed E-state index contributed by atoms with van der Waals surface area (Å²) < 4.78 is 67.2. The number of rotatable bonds is 3. The third kappa shape index (κ3) is 2.91. The molecule has 1 aromatic heterocycles. The van der Waals surface area contributed by atoms with Crippen molar-refractivity contribution in [3.8, 4) is 0 Å². The smallest absolute Gasteiger partial charge is 0.416 e. The summed E-state index contributed by atoms with van der Waals surface area (Å²) in [5, 5.41) is 11.5. The first kappa shape index (κ1) is 17.9. The van der Waals surface area contributed by atoms with Gasteiger partial charge in [-0.2, -0.15) is 17.6 Å². The Morgan fingerprint density at radius 3 is 2.50 bits per heavy atom. The topological polar surface area (TPSA) is 71.3 Å². The summed E-state index contributed by atoms with van der Waals surface area (Å²) in [7, 11) is 0. The van der Waals surface area contributed by atoms with Crippen molar-refractivity contribution in [1.29, 1.82) is 0 Å². The second-order valence-electron chi connectivity index (χ2n) is 5.69. The van der Waals surface area contributed by atoms with Crippen LogP contribution in [0.1, 0.15) is 28.0 Å². The summed E-state index contributed by atoms with van der Waals surface area (Å²) in [4.78, 5) is 23.6. The van der Waals surface area contributed by atoms with Crippen molar-refractivity contribution in [1.82, 2.24) is 4.57 Å². The number of aromatic nitrogens is 1. The van der Waals surface area contributed by atoms with Crippen molar-refractivity contribution in [2.24, 2.45) is 0 Å². The predicted octanol–water partition coefficient (Wildman–Crippen LogP) is 3.53. The van der Waals surface area contributed by atoms with E-state index in [2.05, 4.69) is 5.32 Å². The number of pyridine rings is 1. The molecule has 0 saturated carbocycles. The summed E-state index contributed by atoms with van der Waals surface area (Å²) in [5.74, 6) is -4.34. The molecule has 1 aromatic carbocycles. The van der Waals surface area contributed by atoms with Crippen molar-refractivity contribution < 1.29 is 31.9 Å². The van der Waals surface area contributed by atoms with Gasteiger partial charge in [0.15, 0.2) is 0 Å². The third-order valence-electron chi connectivity index (χ3n) is 4.08. The second kappa shape index (κ2) is 6.11. The molecule has 0 radical (unpaired) electrons. The van der Waals surface area contributed by atoms with Gasteiger partial charge in [0.25, 0.3) is 5.56 Å². The Morgan fingerprint density at radius 2 is 1.92 bits per heavy atom. The Balaban J connectivity index is 2.13. The summed E-state index contributed by atoms with van der Waals surface area (Å²) in [5.41, 5.74) is -4.14. The van der Waals surface area contributed by atoms with E-state index in [0.29, 0.717) is 18.6 Å². The maximum atomic E-state index is 14.4. The zero-order chi connectivity index (χ0) is 19.2. The van der Waals surface area contributed by atoms with E-state index in [0.717, 1.165) is 4.57 Å².